The molecule has 1 aliphatic heterocycles. The zero-order valence-electron chi connectivity index (χ0n) is 13.5. The quantitative estimate of drug-likeness (QED) is 0.882. The number of hydrogen-bond donors (Lipinski definition) is 2. The van der Waals surface area contributed by atoms with Crippen molar-refractivity contribution in [1.29, 1.82) is 0 Å². The Balaban J connectivity index is 1.71. The van der Waals surface area contributed by atoms with Crippen LogP contribution in [0.15, 0.2) is 50.7 Å². The second kappa shape index (κ2) is 6.27. The van der Waals surface area contributed by atoms with Gasteiger partial charge >= 0.3 is 6.18 Å². The van der Waals surface area contributed by atoms with E-state index >= 15 is 0 Å². The minimum absolute atomic E-state index is 0.130. The minimum Gasteiger partial charge on any atom is -0.383 e. The van der Waals surface area contributed by atoms with Crippen LogP contribution in [0.3, 0.4) is 0 Å². The standard InChI is InChI=1S/C17H16F3N3O2/c1-9(15-10(2)16(24)23-25-15)11-3-5-12(6-4-11)21-14-8-7-13(22-14)17(18,19)20/h3-9,14,21H,1-2H3,(H,23,24). The van der Waals surface area contributed by atoms with Crippen LogP contribution < -0.4 is 10.9 Å². The number of rotatable bonds is 4. The molecule has 2 atom stereocenters. The van der Waals surface area contributed by atoms with Gasteiger partial charge in [0.2, 0.25) is 0 Å². The van der Waals surface area contributed by atoms with E-state index in [1.807, 2.05) is 19.1 Å². The Kier molecular flexibility index (Phi) is 4.28. The number of hydrogen-bond acceptors (Lipinski definition) is 4. The number of allylic oxidation sites excluding steroid dienone is 1. The van der Waals surface area contributed by atoms with E-state index in [-0.39, 0.29) is 11.5 Å². The predicted octanol–water partition coefficient (Wildman–Crippen LogP) is 3.74. The summed E-state index contributed by atoms with van der Waals surface area (Å²) >= 11 is 0. The first-order chi connectivity index (χ1) is 11.8. The number of nitrogens with zero attached hydrogens (tertiary/aromatic N) is 1. The monoisotopic (exact) mass is 351 g/mol. The molecule has 0 fully saturated rings. The third kappa shape index (κ3) is 3.52. The van der Waals surface area contributed by atoms with Crippen molar-refractivity contribution >= 4 is 11.4 Å². The summed E-state index contributed by atoms with van der Waals surface area (Å²) in [5.74, 6) is 0.429. The molecule has 1 aromatic heterocycles. The van der Waals surface area contributed by atoms with Crippen molar-refractivity contribution in [2.45, 2.75) is 32.1 Å². The highest BCUT2D eigenvalue weighted by Crippen LogP contribution is 2.27. The van der Waals surface area contributed by atoms with E-state index < -0.39 is 18.1 Å². The van der Waals surface area contributed by atoms with E-state index in [4.69, 9.17) is 4.52 Å². The van der Waals surface area contributed by atoms with Crippen LogP contribution in [0.5, 0.6) is 0 Å². The van der Waals surface area contributed by atoms with Gasteiger partial charge in [0, 0.05) is 11.6 Å². The summed E-state index contributed by atoms with van der Waals surface area (Å²) in [4.78, 5) is 15.1. The van der Waals surface area contributed by atoms with Crippen LogP contribution in [0.25, 0.3) is 0 Å². The molecule has 1 aliphatic rings. The lowest BCUT2D eigenvalue weighted by atomic mass is 9.96. The van der Waals surface area contributed by atoms with Gasteiger partial charge in [0.15, 0.2) is 0 Å². The first-order valence-corrected chi connectivity index (χ1v) is 7.63. The van der Waals surface area contributed by atoms with Gasteiger partial charge in [-0.25, -0.2) is 0 Å². The highest BCUT2D eigenvalue weighted by Gasteiger charge is 2.36. The molecule has 1 aromatic carbocycles. The summed E-state index contributed by atoms with van der Waals surface area (Å²) in [6.07, 6.45) is -2.86. The molecule has 2 aromatic rings. The number of nitrogens with one attached hydrogen (secondary N) is 2. The van der Waals surface area contributed by atoms with Gasteiger partial charge < -0.3 is 9.84 Å². The van der Waals surface area contributed by atoms with Gasteiger partial charge in [-0.2, -0.15) is 18.3 Å². The van der Waals surface area contributed by atoms with Crippen molar-refractivity contribution in [1.82, 2.24) is 5.16 Å². The molecule has 2 heterocycles. The maximum Gasteiger partial charge on any atom is 0.432 e. The van der Waals surface area contributed by atoms with E-state index in [0.29, 0.717) is 17.0 Å². The number of alkyl halides is 3. The maximum absolute atomic E-state index is 12.6. The van der Waals surface area contributed by atoms with E-state index in [2.05, 4.69) is 15.5 Å². The number of benzene rings is 1. The summed E-state index contributed by atoms with van der Waals surface area (Å²) in [7, 11) is 0. The van der Waals surface area contributed by atoms with Gasteiger partial charge in [-0.1, -0.05) is 19.1 Å². The van der Waals surface area contributed by atoms with Gasteiger partial charge in [0.1, 0.15) is 17.6 Å². The number of anilines is 1. The average molecular weight is 351 g/mol. The number of aromatic nitrogens is 1. The fraction of sp³-hybridized carbons (Fsp3) is 0.294. The molecule has 132 valence electrons. The van der Waals surface area contributed by atoms with Crippen LogP contribution in [0.2, 0.25) is 0 Å². The SMILES string of the molecule is Cc1c(C(C)c2ccc(NC3C=CC(C(F)(F)F)=N3)cc2)o[nH]c1=O. The topological polar surface area (TPSA) is 70.4 Å². The lowest BCUT2D eigenvalue weighted by Gasteiger charge is -2.13. The highest BCUT2D eigenvalue weighted by atomic mass is 19.4. The van der Waals surface area contributed by atoms with Crippen LogP contribution in [-0.4, -0.2) is 23.2 Å². The van der Waals surface area contributed by atoms with E-state index in [9.17, 15) is 18.0 Å². The fourth-order valence-corrected chi connectivity index (χ4v) is 2.64. The Morgan fingerprint density at radius 3 is 2.48 bits per heavy atom. The maximum atomic E-state index is 12.6. The molecule has 8 heteroatoms. The van der Waals surface area contributed by atoms with Crippen molar-refractivity contribution in [3.05, 3.63) is 63.7 Å². The summed E-state index contributed by atoms with van der Waals surface area (Å²) in [6, 6.07) is 7.15. The summed E-state index contributed by atoms with van der Waals surface area (Å²) in [6.45, 7) is 3.59. The molecule has 0 saturated carbocycles. The first-order valence-electron chi connectivity index (χ1n) is 7.63. The Labute approximate surface area is 141 Å². The van der Waals surface area contributed by atoms with Crippen molar-refractivity contribution in [2.75, 3.05) is 5.32 Å². The number of H-pyrrole nitrogens is 1. The predicted molar refractivity (Wildman–Crippen MR) is 88.1 cm³/mol. The van der Waals surface area contributed by atoms with E-state index in [1.165, 1.54) is 6.08 Å². The molecular formula is C17H16F3N3O2. The van der Waals surface area contributed by atoms with Crippen LogP contribution in [0, 0.1) is 6.92 Å². The number of aliphatic imine (C=N–C) groups is 1. The Morgan fingerprint density at radius 2 is 1.96 bits per heavy atom. The van der Waals surface area contributed by atoms with Gasteiger partial charge in [-0.15, -0.1) is 0 Å². The molecule has 0 radical (unpaired) electrons. The summed E-state index contributed by atoms with van der Waals surface area (Å²) < 4.78 is 42.9. The molecular weight excluding hydrogens is 335 g/mol. The van der Waals surface area contributed by atoms with E-state index in [0.717, 1.165) is 11.6 Å². The van der Waals surface area contributed by atoms with Crippen molar-refractivity contribution < 1.29 is 17.7 Å². The van der Waals surface area contributed by atoms with Crippen molar-refractivity contribution in [3.8, 4) is 0 Å². The molecule has 2 N–H and O–H groups in total. The minimum atomic E-state index is -4.44. The van der Waals surface area contributed by atoms with Crippen LogP contribution in [0.4, 0.5) is 18.9 Å². The second-order valence-electron chi connectivity index (χ2n) is 5.83. The molecule has 0 aliphatic carbocycles. The zero-order valence-corrected chi connectivity index (χ0v) is 13.5. The summed E-state index contributed by atoms with van der Waals surface area (Å²) in [5, 5.41) is 5.22. The molecule has 25 heavy (non-hydrogen) atoms. The molecule has 0 amide bonds. The average Bonchev–Trinajstić information content (AvgIpc) is 3.15. The lowest BCUT2D eigenvalue weighted by Crippen LogP contribution is -2.21. The van der Waals surface area contributed by atoms with Gasteiger partial charge in [-0.05, 0) is 36.8 Å². The van der Waals surface area contributed by atoms with Crippen molar-refractivity contribution in [3.63, 3.8) is 0 Å². The molecule has 5 nitrogen and oxygen atoms in total. The second-order valence-corrected chi connectivity index (χ2v) is 5.83. The third-order valence-corrected chi connectivity index (χ3v) is 4.09. The lowest BCUT2D eigenvalue weighted by molar-refractivity contribution is -0.0576. The fourth-order valence-electron chi connectivity index (χ4n) is 2.64. The molecule has 0 spiro atoms. The third-order valence-electron chi connectivity index (χ3n) is 4.09. The van der Waals surface area contributed by atoms with Gasteiger partial charge in [-0.3, -0.25) is 9.79 Å². The molecule has 0 bridgehead atoms. The number of halogens is 3. The highest BCUT2D eigenvalue weighted by molar-refractivity contribution is 6.01. The number of aromatic amines is 1. The van der Waals surface area contributed by atoms with Crippen LogP contribution >= 0.6 is 0 Å². The zero-order chi connectivity index (χ0) is 18.2. The smallest absolute Gasteiger partial charge is 0.383 e. The Morgan fingerprint density at radius 1 is 1.28 bits per heavy atom. The molecule has 3 rings (SSSR count). The van der Waals surface area contributed by atoms with Crippen LogP contribution in [-0.2, 0) is 0 Å². The Bertz CT molecular complexity index is 876. The van der Waals surface area contributed by atoms with Gasteiger partial charge in [0.25, 0.3) is 5.56 Å². The van der Waals surface area contributed by atoms with E-state index in [1.54, 1.807) is 19.1 Å². The molecule has 2 unspecified atom stereocenters. The van der Waals surface area contributed by atoms with Crippen molar-refractivity contribution in [2.24, 2.45) is 4.99 Å². The van der Waals surface area contributed by atoms with Gasteiger partial charge in [0.05, 0.1) is 5.56 Å². The summed E-state index contributed by atoms with van der Waals surface area (Å²) in [5.41, 5.74) is 0.933. The largest absolute Gasteiger partial charge is 0.432 e. The normalized spacial score (nSPS) is 18.3. The first kappa shape index (κ1) is 17.1. The Hall–Kier alpha value is -2.77. The molecule has 0 saturated heterocycles. The van der Waals surface area contributed by atoms with Crippen LogP contribution in [0.1, 0.15) is 29.7 Å².